The van der Waals surface area contributed by atoms with Crippen LogP contribution in [-0.4, -0.2) is 11.6 Å². The Labute approximate surface area is 50.5 Å². The van der Waals surface area contributed by atoms with Crippen LogP contribution in [-0.2, 0) is 7.05 Å². The van der Waals surface area contributed by atoms with Gasteiger partial charge in [0.1, 0.15) is 0 Å². The van der Waals surface area contributed by atoms with Gasteiger partial charge in [-0.3, -0.25) is 4.79 Å². The fourth-order valence-corrected chi connectivity index (χ4v) is 0.446. The molecule has 5 heteroatoms. The Morgan fingerprint density at radius 1 is 1.89 bits per heavy atom. The van der Waals surface area contributed by atoms with Gasteiger partial charge in [0.25, 0.3) is 5.69 Å². The van der Waals surface area contributed by atoms with E-state index in [0.29, 0.717) is 6.29 Å². The summed E-state index contributed by atoms with van der Waals surface area (Å²) in [5.41, 5.74) is -0.0741. The number of aromatic nitrogens is 2. The van der Waals surface area contributed by atoms with Crippen LogP contribution in [0.4, 0.5) is 0 Å². The SMILES string of the molecule is C[n+]1noc([O-])c1C=O. The van der Waals surface area contributed by atoms with Gasteiger partial charge in [0, 0.05) is 0 Å². The predicted octanol–water partition coefficient (Wildman–Crippen LogP) is -1.61. The Morgan fingerprint density at radius 2 is 2.56 bits per heavy atom. The number of nitrogens with zero attached hydrogens (tertiary/aromatic N) is 2. The number of carbonyl (C=O) groups excluding carboxylic acids is 1. The van der Waals surface area contributed by atoms with Crippen LogP contribution in [0.5, 0.6) is 5.95 Å². The van der Waals surface area contributed by atoms with E-state index in [1.54, 1.807) is 0 Å². The van der Waals surface area contributed by atoms with Gasteiger partial charge in [0.15, 0.2) is 13.0 Å². The Bertz CT molecular complexity index is 210. The molecule has 0 saturated carbocycles. The Kier molecular flexibility index (Phi) is 1.18. The number of carbonyl (C=O) groups is 1. The molecule has 1 aromatic rings. The Balaban J connectivity index is 3.22. The molecule has 0 aliphatic carbocycles. The van der Waals surface area contributed by atoms with Crippen molar-refractivity contribution in [2.45, 2.75) is 0 Å². The zero-order chi connectivity index (χ0) is 6.85. The zero-order valence-corrected chi connectivity index (χ0v) is 4.70. The van der Waals surface area contributed by atoms with Crippen molar-refractivity contribution >= 4 is 6.29 Å². The van der Waals surface area contributed by atoms with Crippen molar-refractivity contribution in [3.8, 4) is 5.95 Å². The third kappa shape index (κ3) is 0.758. The van der Waals surface area contributed by atoms with E-state index in [1.807, 2.05) is 0 Å². The first kappa shape index (κ1) is 5.74. The van der Waals surface area contributed by atoms with E-state index in [1.165, 1.54) is 7.05 Å². The summed E-state index contributed by atoms with van der Waals surface area (Å²) in [5.74, 6) is -0.701. The van der Waals surface area contributed by atoms with E-state index >= 15 is 0 Å². The highest BCUT2D eigenvalue weighted by molar-refractivity contribution is 5.71. The second kappa shape index (κ2) is 1.85. The molecular formula is C4H4N2O3. The van der Waals surface area contributed by atoms with Gasteiger partial charge in [-0.1, -0.05) is 4.68 Å². The molecular weight excluding hydrogens is 124 g/mol. The molecule has 0 N–H and O–H groups in total. The van der Waals surface area contributed by atoms with Crippen LogP contribution < -0.4 is 9.79 Å². The van der Waals surface area contributed by atoms with Crippen molar-refractivity contribution < 1.29 is 19.1 Å². The minimum Gasteiger partial charge on any atom is -0.539 e. The van der Waals surface area contributed by atoms with Gasteiger partial charge in [-0.25, -0.2) is 0 Å². The predicted molar refractivity (Wildman–Crippen MR) is 22.5 cm³/mol. The van der Waals surface area contributed by atoms with Crippen LogP contribution in [0, 0.1) is 0 Å². The molecule has 0 aromatic carbocycles. The number of hydrogen-bond acceptors (Lipinski definition) is 4. The fourth-order valence-electron chi connectivity index (χ4n) is 0.446. The topological polar surface area (TPSA) is 70.0 Å². The molecule has 0 radical (unpaired) electrons. The largest absolute Gasteiger partial charge is 0.539 e. The van der Waals surface area contributed by atoms with Gasteiger partial charge in [-0.05, 0) is 0 Å². The van der Waals surface area contributed by atoms with Gasteiger partial charge in [-0.2, -0.15) is 0 Å². The Morgan fingerprint density at radius 3 is 2.78 bits per heavy atom. The smallest absolute Gasteiger partial charge is 0.295 e. The molecule has 0 amide bonds. The van der Waals surface area contributed by atoms with E-state index in [-0.39, 0.29) is 5.69 Å². The molecule has 0 saturated heterocycles. The Hall–Kier alpha value is -1.39. The molecule has 1 rings (SSSR count). The minimum absolute atomic E-state index is 0.0741. The normalized spacial score (nSPS) is 9.44. The van der Waals surface area contributed by atoms with Gasteiger partial charge in [0.2, 0.25) is 6.29 Å². The molecule has 1 heterocycles. The minimum atomic E-state index is -0.701. The standard InChI is InChI=1S/C4H4N2O3/c1-6-3(2-7)4(8)9-5-6/h2H,1H3. The average molecular weight is 128 g/mol. The number of aldehydes is 1. The molecule has 1 aromatic heterocycles. The molecule has 0 fully saturated rings. The molecule has 48 valence electrons. The summed E-state index contributed by atoms with van der Waals surface area (Å²) in [6.45, 7) is 0. The van der Waals surface area contributed by atoms with Crippen LogP contribution in [0.3, 0.4) is 0 Å². The first-order chi connectivity index (χ1) is 4.25. The second-order valence-electron chi connectivity index (χ2n) is 1.49. The third-order valence-electron chi connectivity index (χ3n) is 0.916. The monoisotopic (exact) mass is 128 g/mol. The van der Waals surface area contributed by atoms with Gasteiger partial charge in [0.05, 0.1) is 5.27 Å². The lowest BCUT2D eigenvalue weighted by molar-refractivity contribution is -0.741. The fraction of sp³-hybridized carbons (Fsp3) is 0.250. The van der Waals surface area contributed by atoms with Gasteiger partial charge >= 0.3 is 0 Å². The molecule has 9 heavy (non-hydrogen) atoms. The van der Waals surface area contributed by atoms with Crippen LogP contribution in [0.15, 0.2) is 4.52 Å². The maximum Gasteiger partial charge on any atom is 0.295 e. The number of hydrogen-bond donors (Lipinski definition) is 0. The average Bonchev–Trinajstić information content (AvgIpc) is 2.12. The lowest BCUT2D eigenvalue weighted by atomic mass is 10.5. The van der Waals surface area contributed by atoms with Crippen LogP contribution in [0.2, 0.25) is 0 Å². The highest BCUT2D eigenvalue weighted by atomic mass is 16.6. The molecule has 0 unspecified atom stereocenters. The van der Waals surface area contributed by atoms with Crippen LogP contribution in [0.1, 0.15) is 10.5 Å². The highest BCUT2D eigenvalue weighted by Gasteiger charge is 2.09. The van der Waals surface area contributed by atoms with Crippen molar-refractivity contribution in [2.75, 3.05) is 0 Å². The molecule has 0 aliphatic rings. The van der Waals surface area contributed by atoms with Gasteiger partial charge in [-0.15, -0.1) is 0 Å². The van der Waals surface area contributed by atoms with Crippen molar-refractivity contribution in [2.24, 2.45) is 7.05 Å². The number of rotatable bonds is 1. The highest BCUT2D eigenvalue weighted by Crippen LogP contribution is 2.00. The summed E-state index contributed by atoms with van der Waals surface area (Å²) < 4.78 is 5.19. The lowest BCUT2D eigenvalue weighted by Gasteiger charge is -1.81. The first-order valence-corrected chi connectivity index (χ1v) is 2.24. The van der Waals surface area contributed by atoms with Crippen LogP contribution >= 0.6 is 0 Å². The van der Waals surface area contributed by atoms with E-state index in [0.717, 1.165) is 4.68 Å². The number of aryl methyl sites for hydroxylation is 1. The van der Waals surface area contributed by atoms with Crippen molar-refractivity contribution in [1.82, 2.24) is 5.27 Å². The maximum atomic E-state index is 10.4. The summed E-state index contributed by atoms with van der Waals surface area (Å²) in [6, 6.07) is 0. The van der Waals surface area contributed by atoms with E-state index < -0.39 is 5.95 Å². The van der Waals surface area contributed by atoms with E-state index in [4.69, 9.17) is 0 Å². The lowest BCUT2D eigenvalue weighted by Crippen LogP contribution is -2.34. The first-order valence-electron chi connectivity index (χ1n) is 2.24. The van der Waals surface area contributed by atoms with Crippen molar-refractivity contribution in [3.05, 3.63) is 5.69 Å². The van der Waals surface area contributed by atoms with Gasteiger partial charge < -0.3 is 9.63 Å². The second-order valence-corrected chi connectivity index (χ2v) is 1.49. The van der Waals surface area contributed by atoms with Crippen molar-refractivity contribution in [3.63, 3.8) is 0 Å². The summed E-state index contributed by atoms with van der Waals surface area (Å²) in [5, 5.41) is 13.6. The molecule has 0 atom stereocenters. The van der Waals surface area contributed by atoms with Crippen molar-refractivity contribution in [1.29, 1.82) is 0 Å². The van der Waals surface area contributed by atoms with Crippen LogP contribution in [0.25, 0.3) is 0 Å². The molecule has 0 bridgehead atoms. The maximum absolute atomic E-state index is 10.4. The third-order valence-corrected chi connectivity index (χ3v) is 0.916. The summed E-state index contributed by atoms with van der Waals surface area (Å²) >= 11 is 0. The summed E-state index contributed by atoms with van der Waals surface area (Å²) in [7, 11) is 1.45. The van der Waals surface area contributed by atoms with E-state index in [9.17, 15) is 9.90 Å². The summed E-state index contributed by atoms with van der Waals surface area (Å²) in [4.78, 5) is 9.99. The molecule has 0 spiro atoms. The quantitative estimate of drug-likeness (QED) is 0.337. The zero-order valence-electron chi connectivity index (χ0n) is 4.70. The molecule has 0 aliphatic heterocycles. The molecule has 5 nitrogen and oxygen atoms in total. The summed E-state index contributed by atoms with van der Waals surface area (Å²) in [6.07, 6.45) is 0.402. The van der Waals surface area contributed by atoms with E-state index in [2.05, 4.69) is 9.79 Å².